The van der Waals surface area contributed by atoms with Gasteiger partial charge in [0.05, 0.1) is 20.3 Å². The van der Waals surface area contributed by atoms with Crippen LogP contribution >= 0.6 is 11.3 Å². The van der Waals surface area contributed by atoms with Crippen molar-refractivity contribution in [2.75, 3.05) is 32.6 Å². The molecule has 2 heterocycles. The van der Waals surface area contributed by atoms with Crippen LogP contribution in [0.25, 0.3) is 0 Å². The van der Waals surface area contributed by atoms with Gasteiger partial charge in [-0.1, -0.05) is 30.3 Å². The van der Waals surface area contributed by atoms with Crippen molar-refractivity contribution in [3.63, 3.8) is 0 Å². The van der Waals surface area contributed by atoms with Crippen LogP contribution in [0.15, 0.2) is 60.0 Å². The molecular weight excluding hydrogens is 438 g/mol. The van der Waals surface area contributed by atoms with Gasteiger partial charge in [0.25, 0.3) is 0 Å². The monoisotopic (exact) mass is 465 g/mol. The molecule has 0 bridgehead atoms. The number of thiophene rings is 1. The van der Waals surface area contributed by atoms with E-state index in [1.54, 1.807) is 29.5 Å². The van der Waals surface area contributed by atoms with Crippen molar-refractivity contribution in [2.45, 2.75) is 19.0 Å². The van der Waals surface area contributed by atoms with Crippen molar-refractivity contribution in [1.29, 1.82) is 0 Å². The number of rotatable bonds is 7. The molecule has 0 spiro atoms. The summed E-state index contributed by atoms with van der Waals surface area (Å²) < 4.78 is 10.5. The van der Waals surface area contributed by atoms with E-state index in [0.717, 1.165) is 24.4 Å². The van der Waals surface area contributed by atoms with Crippen LogP contribution in [0.2, 0.25) is 0 Å². The fourth-order valence-corrected chi connectivity index (χ4v) is 4.91. The molecule has 2 aromatic carbocycles. The zero-order valence-electron chi connectivity index (χ0n) is 18.7. The summed E-state index contributed by atoms with van der Waals surface area (Å²) in [6.45, 7) is 2.06. The minimum atomic E-state index is -0.726. The molecular formula is C25H27N3O4S. The van der Waals surface area contributed by atoms with Crippen molar-refractivity contribution in [2.24, 2.45) is 0 Å². The third kappa shape index (κ3) is 5.35. The average molecular weight is 466 g/mol. The Balaban J connectivity index is 1.41. The normalized spacial score (nSPS) is 14.1. The number of hydrogen-bond donors (Lipinski definition) is 2. The first-order valence-electron chi connectivity index (χ1n) is 10.7. The summed E-state index contributed by atoms with van der Waals surface area (Å²) in [5, 5.41) is 7.48. The van der Waals surface area contributed by atoms with Gasteiger partial charge in [0.15, 0.2) is 11.5 Å². The first-order valence-corrected chi connectivity index (χ1v) is 11.6. The van der Waals surface area contributed by atoms with Gasteiger partial charge < -0.3 is 20.1 Å². The maximum Gasteiger partial charge on any atom is 0.313 e. The van der Waals surface area contributed by atoms with Crippen LogP contribution in [0.3, 0.4) is 0 Å². The maximum atomic E-state index is 12.6. The molecule has 0 saturated heterocycles. The number of fused-ring (bicyclic) bond motifs is 1. The average Bonchev–Trinajstić information content (AvgIpc) is 3.38. The summed E-state index contributed by atoms with van der Waals surface area (Å²) in [4.78, 5) is 28.6. The van der Waals surface area contributed by atoms with E-state index in [2.05, 4.69) is 45.9 Å². The highest BCUT2D eigenvalue weighted by Gasteiger charge is 2.27. The molecule has 172 valence electrons. The molecule has 0 saturated carbocycles. The predicted molar refractivity (Wildman–Crippen MR) is 129 cm³/mol. The molecule has 2 N–H and O–H groups in total. The quantitative estimate of drug-likeness (QED) is 0.521. The molecule has 0 unspecified atom stereocenters. The molecule has 1 aliphatic rings. The fourth-order valence-electron chi connectivity index (χ4n) is 4.05. The molecule has 7 nitrogen and oxygen atoms in total. The largest absolute Gasteiger partial charge is 0.493 e. The van der Waals surface area contributed by atoms with Crippen molar-refractivity contribution in [1.82, 2.24) is 10.2 Å². The third-order valence-electron chi connectivity index (χ3n) is 5.78. The Bertz CT molecular complexity index is 1120. The van der Waals surface area contributed by atoms with Crippen LogP contribution in [0.5, 0.6) is 11.5 Å². The molecule has 2 amide bonds. The van der Waals surface area contributed by atoms with Gasteiger partial charge in [0, 0.05) is 36.3 Å². The summed E-state index contributed by atoms with van der Waals surface area (Å²) >= 11 is 1.66. The summed E-state index contributed by atoms with van der Waals surface area (Å²) in [6, 6.07) is 17.5. The molecule has 1 atom stereocenters. The van der Waals surface area contributed by atoms with E-state index in [1.165, 1.54) is 25.3 Å². The Morgan fingerprint density at radius 1 is 1.00 bits per heavy atom. The van der Waals surface area contributed by atoms with Crippen LogP contribution < -0.4 is 20.1 Å². The van der Waals surface area contributed by atoms with Gasteiger partial charge in [-0.05, 0) is 41.1 Å². The summed E-state index contributed by atoms with van der Waals surface area (Å²) in [6.07, 6.45) is 0.964. The molecule has 0 aliphatic carbocycles. The van der Waals surface area contributed by atoms with Gasteiger partial charge >= 0.3 is 11.8 Å². The lowest BCUT2D eigenvalue weighted by atomic mass is 9.98. The highest BCUT2D eigenvalue weighted by atomic mass is 32.1. The molecule has 33 heavy (non-hydrogen) atoms. The van der Waals surface area contributed by atoms with Crippen LogP contribution in [0.4, 0.5) is 5.69 Å². The molecule has 1 aliphatic heterocycles. The molecule has 4 rings (SSSR count). The van der Waals surface area contributed by atoms with E-state index in [9.17, 15) is 9.59 Å². The number of benzene rings is 2. The van der Waals surface area contributed by atoms with Crippen molar-refractivity contribution in [3.05, 3.63) is 76.0 Å². The van der Waals surface area contributed by atoms with Gasteiger partial charge in [0.1, 0.15) is 0 Å². The van der Waals surface area contributed by atoms with Crippen LogP contribution in [0.1, 0.15) is 22.0 Å². The second-order valence-electron chi connectivity index (χ2n) is 7.75. The SMILES string of the molecule is COc1ccc(NC(=O)C(=O)NC[C@H](c2cccs2)N2CCc3ccccc3C2)cc1OC. The zero-order valence-corrected chi connectivity index (χ0v) is 19.5. The van der Waals surface area contributed by atoms with Crippen LogP contribution in [0, 0.1) is 0 Å². The Morgan fingerprint density at radius 3 is 2.52 bits per heavy atom. The van der Waals surface area contributed by atoms with Gasteiger partial charge in [-0.3, -0.25) is 14.5 Å². The van der Waals surface area contributed by atoms with Crippen molar-refractivity contribution in [3.8, 4) is 11.5 Å². The lowest BCUT2D eigenvalue weighted by Gasteiger charge is -2.35. The number of nitrogens with one attached hydrogen (secondary N) is 2. The van der Waals surface area contributed by atoms with Crippen LogP contribution in [-0.4, -0.2) is 44.0 Å². The fraction of sp³-hybridized carbons (Fsp3) is 0.280. The first-order chi connectivity index (χ1) is 16.1. The number of anilines is 1. The Labute approximate surface area is 197 Å². The van der Waals surface area contributed by atoms with E-state index in [-0.39, 0.29) is 6.04 Å². The molecule has 1 aromatic heterocycles. The Hall–Kier alpha value is -3.36. The van der Waals surface area contributed by atoms with Gasteiger partial charge in [0.2, 0.25) is 0 Å². The first kappa shape index (κ1) is 22.8. The second-order valence-corrected chi connectivity index (χ2v) is 8.73. The van der Waals surface area contributed by atoms with E-state index in [1.807, 2.05) is 11.4 Å². The Morgan fingerprint density at radius 2 is 1.79 bits per heavy atom. The number of amides is 2. The minimum absolute atomic E-state index is 0.00353. The highest BCUT2D eigenvalue weighted by Crippen LogP contribution is 2.31. The standard InChI is InChI=1S/C25H27N3O4S/c1-31-21-10-9-19(14-22(21)32-2)27-25(30)24(29)26-15-20(23-8-5-13-33-23)28-12-11-17-6-3-4-7-18(17)16-28/h3-10,13-14,20H,11-12,15-16H2,1-2H3,(H,26,29)(H,27,30)/t20-/m1/s1. The summed E-state index contributed by atoms with van der Waals surface area (Å²) in [5.41, 5.74) is 3.13. The van der Waals surface area contributed by atoms with Crippen LogP contribution in [-0.2, 0) is 22.6 Å². The topological polar surface area (TPSA) is 79.9 Å². The van der Waals surface area contributed by atoms with Crippen molar-refractivity contribution >= 4 is 28.8 Å². The number of carbonyl (C=O) groups is 2. The molecule has 0 fully saturated rings. The van der Waals surface area contributed by atoms with E-state index in [0.29, 0.717) is 23.7 Å². The number of carbonyl (C=O) groups excluding carboxylic acids is 2. The van der Waals surface area contributed by atoms with Gasteiger partial charge in [-0.25, -0.2) is 0 Å². The van der Waals surface area contributed by atoms with E-state index in [4.69, 9.17) is 9.47 Å². The smallest absolute Gasteiger partial charge is 0.313 e. The third-order valence-corrected chi connectivity index (χ3v) is 6.75. The minimum Gasteiger partial charge on any atom is -0.493 e. The lowest BCUT2D eigenvalue weighted by molar-refractivity contribution is -0.136. The molecule has 8 heteroatoms. The maximum absolute atomic E-state index is 12.6. The Kier molecular flexibility index (Phi) is 7.26. The lowest BCUT2D eigenvalue weighted by Crippen LogP contribution is -2.43. The number of ether oxygens (including phenoxy) is 2. The zero-order chi connectivity index (χ0) is 23.2. The molecule has 0 radical (unpaired) electrons. The van der Waals surface area contributed by atoms with E-state index >= 15 is 0 Å². The number of hydrogen-bond acceptors (Lipinski definition) is 6. The highest BCUT2D eigenvalue weighted by molar-refractivity contribution is 7.10. The number of nitrogens with zero attached hydrogens (tertiary/aromatic N) is 1. The summed E-state index contributed by atoms with van der Waals surface area (Å²) in [7, 11) is 3.05. The van der Waals surface area contributed by atoms with Crippen molar-refractivity contribution < 1.29 is 19.1 Å². The predicted octanol–water partition coefficient (Wildman–Crippen LogP) is 3.62. The second kappa shape index (κ2) is 10.5. The van der Waals surface area contributed by atoms with Gasteiger partial charge in [-0.15, -0.1) is 11.3 Å². The number of methoxy groups -OCH3 is 2. The van der Waals surface area contributed by atoms with Gasteiger partial charge in [-0.2, -0.15) is 0 Å². The summed E-state index contributed by atoms with van der Waals surface area (Å²) in [5.74, 6) is -0.388. The van der Waals surface area contributed by atoms with E-state index < -0.39 is 11.8 Å². The molecule has 3 aromatic rings.